The first kappa shape index (κ1) is 11.9. The van der Waals surface area contributed by atoms with Crippen molar-refractivity contribution in [2.45, 2.75) is 25.5 Å². The lowest BCUT2D eigenvalue weighted by Crippen LogP contribution is -2.09. The summed E-state index contributed by atoms with van der Waals surface area (Å²) in [4.78, 5) is 0. The standard InChI is InChI=1S/C14H16S2/c1-10-5-4-6-11-7-8-12(9-13(10)11)14(2,3)16-15/h4-9,15H,1-3H3. The average Bonchev–Trinajstić information content (AvgIpc) is 2.29. The maximum absolute atomic E-state index is 4.35. The molecule has 0 amide bonds. The monoisotopic (exact) mass is 248 g/mol. The van der Waals surface area contributed by atoms with Crippen molar-refractivity contribution in [2.24, 2.45) is 0 Å². The SMILES string of the molecule is Cc1cccc2ccc(C(C)(C)SS)cc12. The number of hydrogen-bond donors (Lipinski definition) is 1. The molecule has 0 aliphatic rings. The first-order valence-corrected chi connectivity index (χ1v) is 7.24. The quantitative estimate of drug-likeness (QED) is 0.579. The smallest absolute Gasteiger partial charge is 0.0453 e. The van der Waals surface area contributed by atoms with Crippen LogP contribution in [0.2, 0.25) is 0 Å². The molecule has 0 bridgehead atoms. The van der Waals surface area contributed by atoms with Gasteiger partial charge in [-0.1, -0.05) is 41.1 Å². The van der Waals surface area contributed by atoms with E-state index >= 15 is 0 Å². The lowest BCUT2D eigenvalue weighted by molar-refractivity contribution is 0.791. The molecule has 0 aromatic heterocycles. The van der Waals surface area contributed by atoms with E-state index in [1.165, 1.54) is 21.9 Å². The van der Waals surface area contributed by atoms with Gasteiger partial charge in [-0.05, 0) is 48.7 Å². The van der Waals surface area contributed by atoms with Crippen molar-refractivity contribution in [2.75, 3.05) is 0 Å². The molecule has 0 fully saturated rings. The summed E-state index contributed by atoms with van der Waals surface area (Å²) >= 11 is 4.35. The number of aryl methyl sites for hydroxylation is 1. The van der Waals surface area contributed by atoms with Crippen LogP contribution in [-0.4, -0.2) is 0 Å². The molecule has 2 heteroatoms. The molecule has 0 atom stereocenters. The van der Waals surface area contributed by atoms with Gasteiger partial charge in [0.1, 0.15) is 0 Å². The Hall–Kier alpha value is -0.600. The Morgan fingerprint density at radius 3 is 2.56 bits per heavy atom. The van der Waals surface area contributed by atoms with Crippen molar-refractivity contribution < 1.29 is 0 Å². The highest BCUT2D eigenvalue weighted by molar-refractivity contribution is 8.68. The Morgan fingerprint density at radius 1 is 1.12 bits per heavy atom. The van der Waals surface area contributed by atoms with Gasteiger partial charge in [0.25, 0.3) is 0 Å². The Kier molecular flexibility index (Phi) is 3.22. The Morgan fingerprint density at radius 2 is 1.88 bits per heavy atom. The summed E-state index contributed by atoms with van der Waals surface area (Å²) in [5.41, 5.74) is 2.66. The Labute approximate surface area is 106 Å². The maximum atomic E-state index is 4.35. The van der Waals surface area contributed by atoms with Crippen LogP contribution in [0.4, 0.5) is 0 Å². The summed E-state index contributed by atoms with van der Waals surface area (Å²) in [6, 6.07) is 13.1. The molecule has 0 aliphatic heterocycles. The minimum Gasteiger partial charge on any atom is -0.110 e. The van der Waals surface area contributed by atoms with Gasteiger partial charge < -0.3 is 0 Å². The molecule has 0 nitrogen and oxygen atoms in total. The van der Waals surface area contributed by atoms with E-state index in [1.54, 1.807) is 10.8 Å². The van der Waals surface area contributed by atoms with Crippen LogP contribution in [0.5, 0.6) is 0 Å². The molecule has 16 heavy (non-hydrogen) atoms. The minimum absolute atomic E-state index is 0.0551. The predicted octanol–water partition coefficient (Wildman–Crippen LogP) is 4.96. The molecule has 0 spiro atoms. The fraction of sp³-hybridized carbons (Fsp3) is 0.286. The van der Waals surface area contributed by atoms with Crippen molar-refractivity contribution in [3.8, 4) is 0 Å². The molecule has 0 aliphatic carbocycles. The fourth-order valence-corrected chi connectivity index (χ4v) is 2.40. The van der Waals surface area contributed by atoms with E-state index in [0.29, 0.717) is 0 Å². The molecular weight excluding hydrogens is 232 g/mol. The maximum Gasteiger partial charge on any atom is 0.0453 e. The van der Waals surface area contributed by atoms with Crippen molar-refractivity contribution in [3.05, 3.63) is 47.5 Å². The second kappa shape index (κ2) is 4.34. The molecule has 0 heterocycles. The van der Waals surface area contributed by atoms with Gasteiger partial charge in [0.05, 0.1) is 0 Å². The molecule has 84 valence electrons. The number of fused-ring (bicyclic) bond motifs is 1. The highest BCUT2D eigenvalue weighted by Crippen LogP contribution is 2.39. The topological polar surface area (TPSA) is 0 Å². The van der Waals surface area contributed by atoms with Gasteiger partial charge >= 0.3 is 0 Å². The first-order valence-electron chi connectivity index (χ1n) is 5.37. The van der Waals surface area contributed by atoms with Crippen molar-refractivity contribution in [3.63, 3.8) is 0 Å². The third-order valence-corrected chi connectivity index (χ3v) is 5.09. The largest absolute Gasteiger partial charge is 0.110 e. The Bertz CT molecular complexity index is 515. The van der Waals surface area contributed by atoms with E-state index < -0.39 is 0 Å². The molecule has 0 unspecified atom stereocenters. The van der Waals surface area contributed by atoms with Crippen LogP contribution in [0.3, 0.4) is 0 Å². The summed E-state index contributed by atoms with van der Waals surface area (Å²) in [7, 11) is 1.59. The van der Waals surface area contributed by atoms with Gasteiger partial charge in [-0.3, -0.25) is 0 Å². The van der Waals surface area contributed by atoms with E-state index in [2.05, 4.69) is 68.8 Å². The van der Waals surface area contributed by atoms with E-state index in [9.17, 15) is 0 Å². The van der Waals surface area contributed by atoms with Gasteiger partial charge in [0.15, 0.2) is 0 Å². The fourth-order valence-electron chi connectivity index (χ4n) is 1.86. The normalized spacial score (nSPS) is 12.0. The lowest BCUT2D eigenvalue weighted by atomic mass is 9.96. The van der Waals surface area contributed by atoms with Crippen LogP contribution in [0.15, 0.2) is 36.4 Å². The van der Waals surface area contributed by atoms with Crippen molar-refractivity contribution in [1.82, 2.24) is 0 Å². The molecule has 0 N–H and O–H groups in total. The molecule has 0 radical (unpaired) electrons. The van der Waals surface area contributed by atoms with E-state index in [1.807, 2.05) is 0 Å². The highest BCUT2D eigenvalue weighted by Gasteiger charge is 2.19. The molecule has 0 saturated heterocycles. The minimum atomic E-state index is 0.0551. The van der Waals surface area contributed by atoms with E-state index in [0.717, 1.165) is 0 Å². The second-order valence-corrected chi connectivity index (χ2v) is 6.36. The van der Waals surface area contributed by atoms with Gasteiger partial charge in [-0.25, -0.2) is 0 Å². The van der Waals surface area contributed by atoms with Crippen LogP contribution in [0.1, 0.15) is 25.0 Å². The molecule has 2 rings (SSSR count). The lowest BCUT2D eigenvalue weighted by Gasteiger charge is -2.22. The Balaban J connectivity index is 2.64. The third-order valence-electron chi connectivity index (χ3n) is 3.02. The summed E-state index contributed by atoms with van der Waals surface area (Å²) < 4.78 is 0.0551. The average molecular weight is 248 g/mol. The van der Waals surface area contributed by atoms with Gasteiger partial charge in [-0.15, -0.1) is 11.7 Å². The molecular formula is C14H16S2. The zero-order valence-electron chi connectivity index (χ0n) is 9.82. The number of benzene rings is 2. The van der Waals surface area contributed by atoms with Crippen molar-refractivity contribution >= 4 is 33.2 Å². The van der Waals surface area contributed by atoms with E-state index in [-0.39, 0.29) is 4.75 Å². The summed E-state index contributed by atoms with van der Waals surface area (Å²) in [5.74, 6) is 0. The van der Waals surface area contributed by atoms with Crippen LogP contribution < -0.4 is 0 Å². The number of rotatable bonds is 2. The molecule has 2 aromatic carbocycles. The molecule has 2 aromatic rings. The number of hydrogen-bond acceptors (Lipinski definition) is 2. The van der Waals surface area contributed by atoms with Gasteiger partial charge in [0, 0.05) is 4.75 Å². The predicted molar refractivity (Wildman–Crippen MR) is 78.3 cm³/mol. The van der Waals surface area contributed by atoms with Crippen molar-refractivity contribution in [1.29, 1.82) is 0 Å². The zero-order chi connectivity index (χ0) is 11.8. The van der Waals surface area contributed by atoms with Crippen LogP contribution in [0, 0.1) is 6.92 Å². The molecule has 0 saturated carbocycles. The van der Waals surface area contributed by atoms with E-state index in [4.69, 9.17) is 0 Å². The van der Waals surface area contributed by atoms with Crippen LogP contribution >= 0.6 is 22.5 Å². The van der Waals surface area contributed by atoms with Crippen LogP contribution in [0.25, 0.3) is 10.8 Å². The van der Waals surface area contributed by atoms with Crippen LogP contribution in [-0.2, 0) is 4.75 Å². The first-order chi connectivity index (χ1) is 7.54. The second-order valence-electron chi connectivity index (χ2n) is 4.61. The summed E-state index contributed by atoms with van der Waals surface area (Å²) in [6.45, 7) is 6.56. The third kappa shape index (κ3) is 2.09. The number of thiol groups is 1. The zero-order valence-corrected chi connectivity index (χ0v) is 11.5. The summed E-state index contributed by atoms with van der Waals surface area (Å²) in [5, 5.41) is 2.65. The van der Waals surface area contributed by atoms with Gasteiger partial charge in [-0.2, -0.15) is 0 Å². The van der Waals surface area contributed by atoms with Gasteiger partial charge in [0.2, 0.25) is 0 Å². The summed E-state index contributed by atoms with van der Waals surface area (Å²) in [6.07, 6.45) is 0. The highest BCUT2D eigenvalue weighted by atomic mass is 33.1.